The Bertz CT molecular complexity index is 792. The average Bonchev–Trinajstić information content (AvgIpc) is 2.85. The molecule has 1 N–H and O–H groups in total. The number of hydrogen-bond acceptors (Lipinski definition) is 3. The molecule has 2 bridgehead atoms. The summed E-state index contributed by atoms with van der Waals surface area (Å²) in [6.07, 6.45) is 5.59. The third-order valence-electron chi connectivity index (χ3n) is 5.26. The Kier molecular flexibility index (Phi) is 1.76. The first kappa shape index (κ1) is 10.7. The molecule has 0 aromatic carbocycles. The predicted molar refractivity (Wildman–Crippen MR) is 70.3 cm³/mol. The molecule has 4 atom stereocenters. The third-order valence-corrected chi connectivity index (χ3v) is 5.26. The van der Waals surface area contributed by atoms with E-state index < -0.39 is 0 Å². The average molecular weight is 270 g/mol. The van der Waals surface area contributed by atoms with Crippen molar-refractivity contribution in [3.63, 3.8) is 0 Å². The van der Waals surface area contributed by atoms with Gasteiger partial charge in [-0.05, 0) is 30.6 Å². The second kappa shape index (κ2) is 3.31. The minimum Gasteiger partial charge on any atom is -0.334 e. The third kappa shape index (κ3) is 1.21. The first-order chi connectivity index (χ1) is 9.72. The normalized spacial score (nSPS) is 33.7. The zero-order valence-corrected chi connectivity index (χ0v) is 10.8. The Balaban J connectivity index is 1.55. The number of hydrogen-bond donors (Lipinski definition) is 1. The number of nitrogens with zero attached hydrogens (tertiary/aromatic N) is 3. The number of piperidine rings is 1. The van der Waals surface area contributed by atoms with E-state index in [4.69, 9.17) is 0 Å². The summed E-state index contributed by atoms with van der Waals surface area (Å²) in [7, 11) is 0. The van der Waals surface area contributed by atoms with Gasteiger partial charge < -0.3 is 9.88 Å². The van der Waals surface area contributed by atoms with Gasteiger partial charge in [0.05, 0.1) is 0 Å². The summed E-state index contributed by atoms with van der Waals surface area (Å²) in [6.45, 7) is 0.853. The number of carbonyl (C=O) groups excluding carboxylic acids is 1. The maximum atomic E-state index is 12.6. The van der Waals surface area contributed by atoms with Crippen LogP contribution in [-0.2, 0) is 0 Å². The molecule has 6 heteroatoms. The van der Waals surface area contributed by atoms with E-state index in [1.807, 2.05) is 4.90 Å². The molecular weight excluding hydrogens is 256 g/mol. The standard InChI is InChI=1S/C14H14N4O2/c19-13(18-6-7-3-11(18)9-4-8(7)9)10-5-12-15-1-2-17(12)14(20)16-10/h1-2,5,7-9,11H,3-4,6H2,(H,16,20)/t7-,8-,9-,11-/m0/s1. The van der Waals surface area contributed by atoms with Gasteiger partial charge in [0.25, 0.3) is 5.91 Å². The number of likely N-dealkylation sites (tertiary alicyclic amines) is 1. The van der Waals surface area contributed by atoms with Gasteiger partial charge in [-0.15, -0.1) is 0 Å². The highest BCUT2D eigenvalue weighted by Crippen LogP contribution is 2.61. The van der Waals surface area contributed by atoms with Crippen LogP contribution in [0.3, 0.4) is 0 Å². The number of fused-ring (bicyclic) bond motifs is 6. The Labute approximate surface area is 114 Å². The lowest BCUT2D eigenvalue weighted by Gasteiger charge is -2.26. The molecule has 1 aliphatic heterocycles. The smallest absolute Gasteiger partial charge is 0.331 e. The van der Waals surface area contributed by atoms with Crippen molar-refractivity contribution in [2.75, 3.05) is 6.54 Å². The van der Waals surface area contributed by atoms with E-state index in [1.165, 1.54) is 10.8 Å². The van der Waals surface area contributed by atoms with Crippen molar-refractivity contribution < 1.29 is 4.79 Å². The molecule has 1 saturated heterocycles. The number of aromatic amines is 1. The summed E-state index contributed by atoms with van der Waals surface area (Å²) in [4.78, 5) is 33.3. The number of rotatable bonds is 1. The molecule has 2 aromatic heterocycles. The Morgan fingerprint density at radius 1 is 1.35 bits per heavy atom. The van der Waals surface area contributed by atoms with Crippen LogP contribution < -0.4 is 5.69 Å². The Morgan fingerprint density at radius 2 is 2.25 bits per heavy atom. The summed E-state index contributed by atoms with van der Waals surface area (Å²) in [6, 6.07) is 2.07. The van der Waals surface area contributed by atoms with E-state index in [2.05, 4.69) is 9.97 Å². The van der Waals surface area contributed by atoms with Crippen molar-refractivity contribution in [1.82, 2.24) is 19.3 Å². The van der Waals surface area contributed by atoms with E-state index in [1.54, 1.807) is 18.5 Å². The van der Waals surface area contributed by atoms with Crippen LogP contribution >= 0.6 is 0 Å². The number of amides is 1. The summed E-state index contributed by atoms with van der Waals surface area (Å²) < 4.78 is 1.41. The topological polar surface area (TPSA) is 70.5 Å². The van der Waals surface area contributed by atoms with Crippen molar-refractivity contribution in [2.24, 2.45) is 17.8 Å². The molecule has 0 spiro atoms. The van der Waals surface area contributed by atoms with Gasteiger partial charge in [0, 0.05) is 31.0 Å². The fourth-order valence-corrected chi connectivity index (χ4v) is 4.27. The molecule has 20 heavy (non-hydrogen) atoms. The molecule has 3 heterocycles. The van der Waals surface area contributed by atoms with E-state index in [0.29, 0.717) is 23.3 Å². The highest BCUT2D eigenvalue weighted by Gasteiger charge is 2.61. The van der Waals surface area contributed by atoms with Crippen molar-refractivity contribution >= 4 is 11.6 Å². The number of imidazole rings is 1. The van der Waals surface area contributed by atoms with E-state index in [9.17, 15) is 9.59 Å². The molecule has 2 aliphatic carbocycles. The molecule has 2 saturated carbocycles. The van der Waals surface area contributed by atoms with Crippen LogP contribution in [0.15, 0.2) is 23.3 Å². The van der Waals surface area contributed by atoms with Gasteiger partial charge in [-0.3, -0.25) is 9.20 Å². The van der Waals surface area contributed by atoms with Crippen molar-refractivity contribution in [2.45, 2.75) is 18.9 Å². The SMILES string of the molecule is O=C(c1cc2nccn2c(=O)[nH]1)N1C[C@@H]2C[C@H]1[C@H]1C[C@@H]21. The van der Waals surface area contributed by atoms with Crippen LogP contribution in [0.4, 0.5) is 0 Å². The van der Waals surface area contributed by atoms with Crippen molar-refractivity contribution in [3.05, 3.63) is 34.6 Å². The lowest BCUT2D eigenvalue weighted by atomic mass is 10.1. The molecular formula is C14H14N4O2. The summed E-state index contributed by atoms with van der Waals surface area (Å²) in [5.41, 5.74) is 0.571. The molecule has 102 valence electrons. The van der Waals surface area contributed by atoms with Gasteiger partial charge in [0.2, 0.25) is 0 Å². The molecule has 3 aliphatic rings. The van der Waals surface area contributed by atoms with Crippen LogP contribution in [0.2, 0.25) is 0 Å². The number of H-pyrrole nitrogens is 1. The zero-order valence-electron chi connectivity index (χ0n) is 10.8. The van der Waals surface area contributed by atoms with Crippen LogP contribution in [0.1, 0.15) is 23.3 Å². The van der Waals surface area contributed by atoms with E-state index in [-0.39, 0.29) is 11.6 Å². The van der Waals surface area contributed by atoms with Crippen LogP contribution in [0, 0.1) is 17.8 Å². The van der Waals surface area contributed by atoms with Crippen LogP contribution in [0.25, 0.3) is 5.65 Å². The monoisotopic (exact) mass is 270 g/mol. The summed E-state index contributed by atoms with van der Waals surface area (Å²) >= 11 is 0. The van der Waals surface area contributed by atoms with Gasteiger partial charge in [-0.1, -0.05) is 0 Å². The minimum absolute atomic E-state index is 0.0505. The number of nitrogens with one attached hydrogen (secondary N) is 1. The Morgan fingerprint density at radius 3 is 3.05 bits per heavy atom. The summed E-state index contributed by atoms with van der Waals surface area (Å²) in [5, 5.41) is 0. The predicted octanol–water partition coefficient (Wildman–Crippen LogP) is 0.503. The summed E-state index contributed by atoms with van der Waals surface area (Å²) in [5.74, 6) is 2.23. The molecule has 2 aromatic rings. The van der Waals surface area contributed by atoms with Crippen LogP contribution in [-0.4, -0.2) is 37.8 Å². The second-order valence-corrected chi connectivity index (χ2v) is 6.23. The van der Waals surface area contributed by atoms with Gasteiger partial charge in [-0.25, -0.2) is 9.78 Å². The van der Waals surface area contributed by atoms with Crippen LogP contribution in [0.5, 0.6) is 0 Å². The first-order valence-corrected chi connectivity index (χ1v) is 7.10. The second-order valence-electron chi connectivity index (χ2n) is 6.23. The highest BCUT2D eigenvalue weighted by atomic mass is 16.2. The molecule has 3 fully saturated rings. The van der Waals surface area contributed by atoms with Gasteiger partial charge in [0.15, 0.2) is 0 Å². The maximum Gasteiger partial charge on any atom is 0.331 e. The zero-order chi connectivity index (χ0) is 13.4. The van der Waals surface area contributed by atoms with E-state index >= 15 is 0 Å². The fourth-order valence-electron chi connectivity index (χ4n) is 4.27. The molecule has 0 radical (unpaired) electrons. The molecule has 5 rings (SSSR count). The molecule has 1 amide bonds. The fraction of sp³-hybridized carbons (Fsp3) is 0.500. The molecule has 6 nitrogen and oxygen atoms in total. The maximum absolute atomic E-state index is 12.6. The minimum atomic E-state index is -0.308. The number of carbonyl (C=O) groups is 1. The lowest BCUT2D eigenvalue weighted by molar-refractivity contribution is 0.0686. The quantitative estimate of drug-likeness (QED) is 0.820. The first-order valence-electron chi connectivity index (χ1n) is 7.10. The van der Waals surface area contributed by atoms with Crippen molar-refractivity contribution in [1.29, 1.82) is 0 Å². The highest BCUT2D eigenvalue weighted by molar-refractivity contribution is 5.93. The largest absolute Gasteiger partial charge is 0.334 e. The number of aromatic nitrogens is 3. The van der Waals surface area contributed by atoms with E-state index in [0.717, 1.165) is 24.8 Å². The van der Waals surface area contributed by atoms with Gasteiger partial charge in [-0.2, -0.15) is 0 Å². The van der Waals surface area contributed by atoms with Gasteiger partial charge in [0.1, 0.15) is 11.3 Å². The van der Waals surface area contributed by atoms with Gasteiger partial charge >= 0.3 is 5.69 Å². The molecule has 0 unspecified atom stereocenters. The van der Waals surface area contributed by atoms with Crippen molar-refractivity contribution in [3.8, 4) is 0 Å². The lowest BCUT2D eigenvalue weighted by Crippen LogP contribution is -2.40. The Hall–Kier alpha value is -2.11.